The zero-order valence-corrected chi connectivity index (χ0v) is 17.1. The second-order valence-electron chi connectivity index (χ2n) is 6.84. The third-order valence-electron chi connectivity index (χ3n) is 4.88. The lowest BCUT2D eigenvalue weighted by molar-refractivity contribution is -0.116. The van der Waals surface area contributed by atoms with E-state index in [4.69, 9.17) is 9.15 Å². The largest absolute Gasteiger partial charge is 0.493 e. The molecule has 0 unspecified atom stereocenters. The number of rotatable bonds is 6. The molecule has 28 heavy (non-hydrogen) atoms. The van der Waals surface area contributed by atoms with Gasteiger partial charge in [0, 0.05) is 28.8 Å². The SMILES string of the molecule is CCOc1c(/C(C)=C/C(=O)NCc2ccccn2)cc2c(C)c(C)oc2c1C. The van der Waals surface area contributed by atoms with E-state index >= 15 is 0 Å². The Kier molecular flexibility index (Phi) is 5.83. The van der Waals surface area contributed by atoms with Gasteiger partial charge in [0.05, 0.1) is 18.8 Å². The topological polar surface area (TPSA) is 64.4 Å². The van der Waals surface area contributed by atoms with Gasteiger partial charge in [-0.3, -0.25) is 9.78 Å². The van der Waals surface area contributed by atoms with E-state index in [2.05, 4.69) is 16.4 Å². The number of fused-ring (bicyclic) bond motifs is 1. The molecule has 2 heterocycles. The van der Waals surface area contributed by atoms with Crippen molar-refractivity contribution in [1.29, 1.82) is 0 Å². The third kappa shape index (κ3) is 3.93. The molecular formula is C23H26N2O3. The zero-order chi connectivity index (χ0) is 20.3. The number of furan rings is 1. The molecule has 0 aliphatic rings. The van der Waals surface area contributed by atoms with Crippen molar-refractivity contribution in [2.75, 3.05) is 6.61 Å². The molecule has 146 valence electrons. The molecule has 5 heteroatoms. The number of benzene rings is 1. The smallest absolute Gasteiger partial charge is 0.244 e. The van der Waals surface area contributed by atoms with Crippen LogP contribution in [0.15, 0.2) is 41.0 Å². The van der Waals surface area contributed by atoms with E-state index in [1.54, 1.807) is 12.3 Å². The quantitative estimate of drug-likeness (QED) is 0.622. The second-order valence-corrected chi connectivity index (χ2v) is 6.84. The van der Waals surface area contributed by atoms with Gasteiger partial charge in [-0.1, -0.05) is 6.07 Å². The number of hydrogen-bond acceptors (Lipinski definition) is 4. The van der Waals surface area contributed by atoms with Gasteiger partial charge in [-0.15, -0.1) is 0 Å². The molecule has 0 bridgehead atoms. The third-order valence-corrected chi connectivity index (χ3v) is 4.88. The van der Waals surface area contributed by atoms with Gasteiger partial charge < -0.3 is 14.5 Å². The number of carbonyl (C=O) groups is 1. The molecule has 0 aliphatic heterocycles. The normalized spacial score (nSPS) is 11.7. The lowest BCUT2D eigenvalue weighted by Crippen LogP contribution is -2.21. The van der Waals surface area contributed by atoms with E-state index in [1.807, 2.05) is 52.8 Å². The predicted octanol–water partition coefficient (Wildman–Crippen LogP) is 4.87. The van der Waals surface area contributed by atoms with E-state index < -0.39 is 0 Å². The molecule has 0 saturated carbocycles. The van der Waals surface area contributed by atoms with Crippen LogP contribution in [-0.4, -0.2) is 17.5 Å². The maximum Gasteiger partial charge on any atom is 0.244 e. The van der Waals surface area contributed by atoms with Crippen molar-refractivity contribution in [3.63, 3.8) is 0 Å². The van der Waals surface area contributed by atoms with Gasteiger partial charge in [-0.2, -0.15) is 0 Å². The molecule has 3 aromatic rings. The molecule has 0 spiro atoms. The number of nitrogens with one attached hydrogen (secondary N) is 1. The first-order chi connectivity index (χ1) is 13.4. The maximum atomic E-state index is 12.4. The summed E-state index contributed by atoms with van der Waals surface area (Å²) in [5.41, 5.74) is 5.46. The molecule has 1 aromatic carbocycles. The van der Waals surface area contributed by atoms with Crippen LogP contribution >= 0.6 is 0 Å². The second kappa shape index (κ2) is 8.30. The van der Waals surface area contributed by atoms with Crippen LogP contribution in [-0.2, 0) is 11.3 Å². The van der Waals surface area contributed by atoms with Crippen molar-refractivity contribution < 1.29 is 13.9 Å². The van der Waals surface area contributed by atoms with Gasteiger partial charge in [0.2, 0.25) is 5.91 Å². The molecule has 1 amide bonds. The minimum Gasteiger partial charge on any atom is -0.493 e. The molecule has 0 atom stereocenters. The van der Waals surface area contributed by atoms with E-state index in [0.29, 0.717) is 13.2 Å². The Bertz CT molecular complexity index is 1030. The summed E-state index contributed by atoms with van der Waals surface area (Å²) >= 11 is 0. The number of ether oxygens (including phenoxy) is 1. The first-order valence-electron chi connectivity index (χ1n) is 9.44. The zero-order valence-electron chi connectivity index (χ0n) is 17.1. The maximum absolute atomic E-state index is 12.4. The summed E-state index contributed by atoms with van der Waals surface area (Å²) in [5, 5.41) is 3.93. The van der Waals surface area contributed by atoms with E-state index in [-0.39, 0.29) is 5.91 Å². The van der Waals surface area contributed by atoms with Crippen LogP contribution in [0, 0.1) is 20.8 Å². The van der Waals surface area contributed by atoms with Crippen LogP contribution in [0.2, 0.25) is 0 Å². The van der Waals surface area contributed by atoms with Crippen molar-refractivity contribution in [3.05, 3.63) is 64.7 Å². The summed E-state index contributed by atoms with van der Waals surface area (Å²) < 4.78 is 11.8. The summed E-state index contributed by atoms with van der Waals surface area (Å²) in [6.45, 7) is 10.8. The fraction of sp³-hybridized carbons (Fsp3) is 0.304. The summed E-state index contributed by atoms with van der Waals surface area (Å²) in [4.78, 5) is 16.6. The summed E-state index contributed by atoms with van der Waals surface area (Å²) in [6.07, 6.45) is 3.32. The Morgan fingerprint density at radius 1 is 1.25 bits per heavy atom. The van der Waals surface area contributed by atoms with Gasteiger partial charge in [-0.05, 0) is 64.0 Å². The average Bonchev–Trinajstić information content (AvgIpc) is 2.97. The molecule has 1 N–H and O–H groups in total. The van der Waals surface area contributed by atoms with Gasteiger partial charge in [0.1, 0.15) is 17.1 Å². The Hall–Kier alpha value is -3.08. The predicted molar refractivity (Wildman–Crippen MR) is 111 cm³/mol. The van der Waals surface area contributed by atoms with Gasteiger partial charge in [0.25, 0.3) is 0 Å². The highest BCUT2D eigenvalue weighted by atomic mass is 16.5. The standard InChI is InChI=1S/C23H26N2O3/c1-6-27-22-16(4)23-20(15(3)17(5)28-23)12-19(22)14(2)11-21(26)25-13-18-9-7-8-10-24-18/h7-12H,6,13H2,1-5H3,(H,25,26)/b14-11+. The van der Waals surface area contributed by atoms with Crippen LogP contribution in [0.25, 0.3) is 16.5 Å². The number of pyridine rings is 1. The van der Waals surface area contributed by atoms with E-state index in [9.17, 15) is 4.79 Å². The molecule has 2 aromatic heterocycles. The molecule has 5 nitrogen and oxygen atoms in total. The minimum atomic E-state index is -0.163. The highest BCUT2D eigenvalue weighted by Crippen LogP contribution is 2.38. The van der Waals surface area contributed by atoms with Crippen molar-refractivity contribution in [2.45, 2.75) is 41.2 Å². The highest BCUT2D eigenvalue weighted by molar-refractivity contribution is 5.98. The number of amides is 1. The monoisotopic (exact) mass is 378 g/mol. The van der Waals surface area contributed by atoms with Crippen LogP contribution in [0.4, 0.5) is 0 Å². The molecule has 3 rings (SSSR count). The van der Waals surface area contributed by atoms with Crippen LogP contribution < -0.4 is 10.1 Å². The molecule has 0 radical (unpaired) electrons. The van der Waals surface area contributed by atoms with Crippen LogP contribution in [0.3, 0.4) is 0 Å². The Balaban J connectivity index is 1.93. The molecular weight excluding hydrogens is 352 g/mol. The van der Waals surface area contributed by atoms with Crippen molar-refractivity contribution in [3.8, 4) is 5.75 Å². The Labute approximate surface area is 165 Å². The fourth-order valence-corrected chi connectivity index (χ4v) is 3.24. The summed E-state index contributed by atoms with van der Waals surface area (Å²) in [5.74, 6) is 1.49. The van der Waals surface area contributed by atoms with Crippen molar-refractivity contribution >= 4 is 22.4 Å². The summed E-state index contributed by atoms with van der Waals surface area (Å²) in [6, 6.07) is 7.68. The first-order valence-corrected chi connectivity index (χ1v) is 9.44. The van der Waals surface area contributed by atoms with Gasteiger partial charge >= 0.3 is 0 Å². The Morgan fingerprint density at radius 3 is 2.71 bits per heavy atom. The number of allylic oxidation sites excluding steroid dienone is 1. The average molecular weight is 378 g/mol. The fourth-order valence-electron chi connectivity index (χ4n) is 3.24. The van der Waals surface area contributed by atoms with E-state index in [0.717, 1.165) is 50.4 Å². The van der Waals surface area contributed by atoms with Gasteiger partial charge in [0.15, 0.2) is 0 Å². The molecule has 0 aliphatic carbocycles. The first kappa shape index (κ1) is 19.7. The number of hydrogen-bond donors (Lipinski definition) is 1. The van der Waals surface area contributed by atoms with Crippen LogP contribution in [0.5, 0.6) is 5.75 Å². The Morgan fingerprint density at radius 2 is 2.04 bits per heavy atom. The van der Waals surface area contributed by atoms with Crippen molar-refractivity contribution in [2.24, 2.45) is 0 Å². The van der Waals surface area contributed by atoms with Crippen molar-refractivity contribution in [1.82, 2.24) is 10.3 Å². The summed E-state index contributed by atoms with van der Waals surface area (Å²) in [7, 11) is 0. The lowest BCUT2D eigenvalue weighted by atomic mass is 9.98. The minimum absolute atomic E-state index is 0.163. The number of aryl methyl sites for hydroxylation is 3. The van der Waals surface area contributed by atoms with E-state index in [1.165, 1.54) is 0 Å². The van der Waals surface area contributed by atoms with Gasteiger partial charge in [-0.25, -0.2) is 0 Å². The molecule has 0 saturated heterocycles. The number of nitrogens with zero attached hydrogens (tertiary/aromatic N) is 1. The number of aromatic nitrogens is 1. The number of carbonyl (C=O) groups excluding carboxylic acids is 1. The lowest BCUT2D eigenvalue weighted by Gasteiger charge is -2.14. The highest BCUT2D eigenvalue weighted by Gasteiger charge is 2.18. The molecule has 0 fully saturated rings. The van der Waals surface area contributed by atoms with Crippen LogP contribution in [0.1, 0.15) is 42.0 Å².